The summed E-state index contributed by atoms with van der Waals surface area (Å²) in [6.07, 6.45) is 4.85. The van der Waals surface area contributed by atoms with Crippen molar-refractivity contribution in [1.82, 2.24) is 9.21 Å². The van der Waals surface area contributed by atoms with Crippen molar-refractivity contribution < 1.29 is 13.2 Å². The monoisotopic (exact) mass is 260 g/mol. The number of morpholine rings is 1. The van der Waals surface area contributed by atoms with E-state index >= 15 is 0 Å². The molecule has 0 aromatic rings. The van der Waals surface area contributed by atoms with Crippen molar-refractivity contribution >= 4 is 10.0 Å². The van der Waals surface area contributed by atoms with Crippen LogP contribution in [0.15, 0.2) is 0 Å². The maximum Gasteiger partial charge on any atom is 0.211 e. The number of sulfonamides is 1. The average molecular weight is 260 g/mol. The summed E-state index contributed by atoms with van der Waals surface area (Å²) in [5.41, 5.74) is 0. The van der Waals surface area contributed by atoms with Gasteiger partial charge < -0.3 is 4.74 Å². The molecular weight excluding hydrogens is 240 g/mol. The van der Waals surface area contributed by atoms with Crippen molar-refractivity contribution in [3.63, 3.8) is 0 Å². The Kier molecular flexibility index (Phi) is 2.93. The van der Waals surface area contributed by atoms with Crippen molar-refractivity contribution in [2.24, 2.45) is 0 Å². The largest absolute Gasteiger partial charge is 0.375 e. The second-order valence-corrected chi connectivity index (χ2v) is 7.42. The van der Waals surface area contributed by atoms with E-state index in [1.165, 1.54) is 12.7 Å². The van der Waals surface area contributed by atoms with E-state index in [4.69, 9.17) is 4.74 Å². The summed E-state index contributed by atoms with van der Waals surface area (Å²) in [6.45, 7) is 3.28. The molecule has 17 heavy (non-hydrogen) atoms. The molecule has 0 aliphatic carbocycles. The lowest BCUT2D eigenvalue weighted by molar-refractivity contribution is 0.00168. The summed E-state index contributed by atoms with van der Waals surface area (Å²) in [6, 6.07) is 1.15. The quantitative estimate of drug-likeness (QED) is 0.695. The first-order chi connectivity index (χ1) is 8.04. The van der Waals surface area contributed by atoms with E-state index in [1.54, 1.807) is 4.31 Å². The van der Waals surface area contributed by atoms with Crippen LogP contribution in [0.5, 0.6) is 0 Å². The number of nitrogens with zero attached hydrogens (tertiary/aromatic N) is 2. The minimum Gasteiger partial charge on any atom is -0.375 e. The third kappa shape index (κ3) is 2.23. The van der Waals surface area contributed by atoms with Crippen LogP contribution in [0.3, 0.4) is 0 Å². The van der Waals surface area contributed by atoms with E-state index in [9.17, 15) is 8.42 Å². The lowest BCUT2D eigenvalue weighted by Gasteiger charge is -2.39. The smallest absolute Gasteiger partial charge is 0.211 e. The van der Waals surface area contributed by atoms with Gasteiger partial charge in [0.1, 0.15) is 0 Å². The van der Waals surface area contributed by atoms with Gasteiger partial charge in [0.2, 0.25) is 10.0 Å². The summed E-state index contributed by atoms with van der Waals surface area (Å²) in [5.74, 6) is 0. The first kappa shape index (κ1) is 11.9. The van der Waals surface area contributed by atoms with Crippen LogP contribution in [-0.2, 0) is 14.8 Å². The Bertz CT molecular complexity index is 390. The average Bonchev–Trinajstić information content (AvgIpc) is 2.89. The van der Waals surface area contributed by atoms with Crippen molar-refractivity contribution in [2.75, 3.05) is 32.5 Å². The maximum absolute atomic E-state index is 11.4. The molecule has 0 radical (unpaired) electrons. The molecular formula is C11H20N2O3S. The number of fused-ring (bicyclic) bond motifs is 2. The van der Waals surface area contributed by atoms with E-state index < -0.39 is 10.0 Å². The fourth-order valence-corrected chi connectivity index (χ4v) is 4.26. The van der Waals surface area contributed by atoms with Crippen LogP contribution in [-0.4, -0.2) is 68.3 Å². The van der Waals surface area contributed by atoms with Crippen LogP contribution >= 0.6 is 0 Å². The molecule has 3 heterocycles. The Morgan fingerprint density at radius 1 is 1.18 bits per heavy atom. The van der Waals surface area contributed by atoms with Gasteiger partial charge >= 0.3 is 0 Å². The van der Waals surface area contributed by atoms with E-state index in [1.807, 2.05) is 0 Å². The Hall–Kier alpha value is -0.170. The van der Waals surface area contributed by atoms with Gasteiger partial charge in [0, 0.05) is 31.7 Å². The zero-order valence-corrected chi connectivity index (χ0v) is 11.0. The van der Waals surface area contributed by atoms with Crippen LogP contribution in [0.25, 0.3) is 0 Å². The number of likely N-dealkylation sites (tertiary alicyclic amines) is 1. The highest BCUT2D eigenvalue weighted by Crippen LogP contribution is 2.32. The second-order valence-electron chi connectivity index (χ2n) is 5.43. The predicted octanol–water partition coefficient (Wildman–Crippen LogP) is -0.116. The summed E-state index contributed by atoms with van der Waals surface area (Å²) in [7, 11) is -2.99. The number of hydrogen-bond acceptors (Lipinski definition) is 4. The van der Waals surface area contributed by atoms with Crippen LogP contribution in [0, 0.1) is 0 Å². The van der Waals surface area contributed by atoms with Crippen LogP contribution in [0.2, 0.25) is 0 Å². The molecule has 5 nitrogen and oxygen atoms in total. The standard InChI is InChI=1S/C11H20N2O3S/c1-17(14,15)12-4-2-9(3-5-12)13-7-11-6-10(13)8-16-11/h9-11H,2-8H2,1H3. The first-order valence-corrected chi connectivity index (χ1v) is 8.21. The van der Waals surface area contributed by atoms with Gasteiger partial charge in [-0.15, -0.1) is 0 Å². The second kappa shape index (κ2) is 4.19. The number of ether oxygens (including phenoxy) is 1. The summed E-state index contributed by atoms with van der Waals surface area (Å²) in [5, 5.41) is 0. The third-order valence-electron chi connectivity index (χ3n) is 4.30. The first-order valence-electron chi connectivity index (χ1n) is 6.36. The van der Waals surface area contributed by atoms with Crippen molar-refractivity contribution in [3.05, 3.63) is 0 Å². The SMILES string of the molecule is CS(=O)(=O)N1CCC(N2CC3CC2CO3)CC1. The molecule has 2 bridgehead atoms. The van der Waals surface area contributed by atoms with Crippen molar-refractivity contribution in [3.8, 4) is 0 Å². The zero-order valence-electron chi connectivity index (χ0n) is 10.2. The molecule has 3 saturated heterocycles. The Morgan fingerprint density at radius 3 is 2.35 bits per heavy atom. The molecule has 3 aliphatic rings. The molecule has 2 unspecified atom stereocenters. The maximum atomic E-state index is 11.4. The lowest BCUT2D eigenvalue weighted by Crippen LogP contribution is -2.50. The van der Waals surface area contributed by atoms with E-state index in [2.05, 4.69) is 4.90 Å². The van der Waals surface area contributed by atoms with Gasteiger partial charge in [-0.05, 0) is 19.3 Å². The minimum absolute atomic E-state index is 0.438. The zero-order chi connectivity index (χ0) is 12.0. The highest BCUT2D eigenvalue weighted by Gasteiger charge is 2.43. The van der Waals surface area contributed by atoms with E-state index in [0.717, 1.165) is 26.0 Å². The number of hydrogen-bond donors (Lipinski definition) is 0. The summed E-state index contributed by atoms with van der Waals surface area (Å²) in [4.78, 5) is 2.55. The highest BCUT2D eigenvalue weighted by molar-refractivity contribution is 7.88. The molecule has 0 N–H and O–H groups in total. The highest BCUT2D eigenvalue weighted by atomic mass is 32.2. The van der Waals surface area contributed by atoms with Crippen LogP contribution in [0.1, 0.15) is 19.3 Å². The normalized spacial score (nSPS) is 36.8. The van der Waals surface area contributed by atoms with E-state index in [-0.39, 0.29) is 0 Å². The van der Waals surface area contributed by atoms with Gasteiger partial charge in [0.05, 0.1) is 19.0 Å². The fraction of sp³-hybridized carbons (Fsp3) is 1.00. The fourth-order valence-electron chi connectivity index (χ4n) is 3.38. The lowest BCUT2D eigenvalue weighted by atomic mass is 10.0. The third-order valence-corrected chi connectivity index (χ3v) is 5.61. The van der Waals surface area contributed by atoms with E-state index in [0.29, 0.717) is 31.3 Å². The number of piperidine rings is 1. The number of rotatable bonds is 2. The van der Waals surface area contributed by atoms with Gasteiger partial charge in [0.15, 0.2) is 0 Å². The van der Waals surface area contributed by atoms with Gasteiger partial charge in [-0.1, -0.05) is 0 Å². The molecule has 3 rings (SSSR count). The van der Waals surface area contributed by atoms with Gasteiger partial charge in [-0.2, -0.15) is 0 Å². The molecule has 0 aromatic carbocycles. The molecule has 3 aliphatic heterocycles. The van der Waals surface area contributed by atoms with Gasteiger partial charge in [-0.3, -0.25) is 4.90 Å². The molecule has 2 atom stereocenters. The van der Waals surface area contributed by atoms with Crippen LogP contribution in [0.4, 0.5) is 0 Å². The molecule has 3 fully saturated rings. The molecule has 0 aromatic heterocycles. The summed E-state index contributed by atoms with van der Waals surface area (Å²) < 4.78 is 30.1. The summed E-state index contributed by atoms with van der Waals surface area (Å²) >= 11 is 0. The van der Waals surface area contributed by atoms with Gasteiger partial charge in [-0.25, -0.2) is 12.7 Å². The van der Waals surface area contributed by atoms with Crippen LogP contribution < -0.4 is 0 Å². The predicted molar refractivity (Wildman–Crippen MR) is 64.3 cm³/mol. The minimum atomic E-state index is -2.99. The Balaban J connectivity index is 1.59. The molecule has 0 saturated carbocycles. The molecule has 6 heteroatoms. The Morgan fingerprint density at radius 2 is 1.88 bits per heavy atom. The van der Waals surface area contributed by atoms with Crippen molar-refractivity contribution in [2.45, 2.75) is 37.5 Å². The molecule has 0 spiro atoms. The van der Waals surface area contributed by atoms with Gasteiger partial charge in [0.25, 0.3) is 0 Å². The Labute approximate surface area is 103 Å². The molecule has 0 amide bonds. The molecule has 98 valence electrons. The topological polar surface area (TPSA) is 49.9 Å². The van der Waals surface area contributed by atoms with Crippen molar-refractivity contribution in [1.29, 1.82) is 0 Å².